The first-order valence-electron chi connectivity index (χ1n) is 3.95. The molecule has 0 amide bonds. The second kappa shape index (κ2) is 3.99. The quantitative estimate of drug-likeness (QED) is 0.495. The van der Waals surface area contributed by atoms with Crippen molar-refractivity contribution in [3.8, 4) is 0 Å². The predicted octanol–water partition coefficient (Wildman–Crippen LogP) is -0.503. The number of aryl methyl sites for hydroxylation is 1. The van der Waals surface area contributed by atoms with Crippen molar-refractivity contribution >= 4 is 8.97 Å². The minimum Gasteiger partial charge on any atom is -0.377 e. The molecule has 1 rings (SSSR count). The van der Waals surface area contributed by atoms with Crippen LogP contribution in [0.25, 0.3) is 0 Å². The highest BCUT2D eigenvalue weighted by molar-refractivity contribution is 6.53. The molecule has 0 bridgehead atoms. The van der Waals surface area contributed by atoms with Gasteiger partial charge in [0.25, 0.3) is 0 Å². The number of rotatable bonds is 3. The van der Waals surface area contributed by atoms with Crippen LogP contribution in [0.2, 0.25) is 0 Å². The van der Waals surface area contributed by atoms with E-state index in [2.05, 4.69) is 4.98 Å². The summed E-state index contributed by atoms with van der Waals surface area (Å²) in [7, 11) is -4.11. The van der Waals surface area contributed by atoms with Gasteiger partial charge in [-0.25, -0.2) is 0 Å². The van der Waals surface area contributed by atoms with Gasteiger partial charge in [0.2, 0.25) is 0 Å². The van der Waals surface area contributed by atoms with Crippen LogP contribution in [0.4, 0.5) is 0 Å². The SMILES string of the molecule is Cc1cccc(CN[Si](O)(O)O)c1. The molecule has 0 radical (unpaired) electrons. The van der Waals surface area contributed by atoms with Crippen molar-refractivity contribution in [2.24, 2.45) is 0 Å². The number of hydrogen-bond acceptors (Lipinski definition) is 4. The van der Waals surface area contributed by atoms with E-state index < -0.39 is 8.97 Å². The van der Waals surface area contributed by atoms with E-state index in [0.29, 0.717) is 0 Å². The summed E-state index contributed by atoms with van der Waals surface area (Å²) >= 11 is 0. The molecule has 0 aliphatic carbocycles. The molecule has 0 aliphatic heterocycles. The lowest BCUT2D eigenvalue weighted by Gasteiger charge is -2.10. The zero-order valence-corrected chi connectivity index (χ0v) is 8.36. The van der Waals surface area contributed by atoms with Crippen LogP contribution in [-0.4, -0.2) is 23.4 Å². The van der Waals surface area contributed by atoms with Crippen LogP contribution in [0.5, 0.6) is 0 Å². The van der Waals surface area contributed by atoms with Gasteiger partial charge >= 0.3 is 8.97 Å². The van der Waals surface area contributed by atoms with E-state index in [1.807, 2.05) is 31.2 Å². The average molecular weight is 199 g/mol. The predicted molar refractivity (Wildman–Crippen MR) is 50.4 cm³/mol. The fraction of sp³-hybridized carbons (Fsp3) is 0.250. The van der Waals surface area contributed by atoms with Gasteiger partial charge in [0.05, 0.1) is 0 Å². The highest BCUT2D eigenvalue weighted by atomic mass is 28.4. The molecule has 0 atom stereocenters. The summed E-state index contributed by atoms with van der Waals surface area (Å²) in [5.41, 5.74) is 2.01. The first-order valence-corrected chi connectivity index (χ1v) is 5.79. The molecule has 0 fully saturated rings. The Morgan fingerprint density at radius 1 is 1.31 bits per heavy atom. The maximum absolute atomic E-state index is 8.69. The van der Waals surface area contributed by atoms with Gasteiger partial charge in [-0.2, -0.15) is 0 Å². The van der Waals surface area contributed by atoms with E-state index in [4.69, 9.17) is 14.4 Å². The second-order valence-corrected chi connectivity index (χ2v) is 4.60. The Hall–Kier alpha value is -0.723. The Bertz CT molecular complexity index is 285. The maximum atomic E-state index is 8.69. The van der Waals surface area contributed by atoms with Crippen molar-refractivity contribution in [3.05, 3.63) is 35.4 Å². The van der Waals surface area contributed by atoms with Crippen LogP contribution in [-0.2, 0) is 6.54 Å². The summed E-state index contributed by atoms with van der Waals surface area (Å²) < 4.78 is 0. The minimum absolute atomic E-state index is 0.261. The van der Waals surface area contributed by atoms with Crippen LogP contribution in [0.3, 0.4) is 0 Å². The summed E-state index contributed by atoms with van der Waals surface area (Å²) in [4.78, 5) is 28.3. The molecule has 1 aromatic carbocycles. The zero-order valence-electron chi connectivity index (χ0n) is 7.36. The van der Waals surface area contributed by atoms with Gasteiger partial charge in [0.1, 0.15) is 0 Å². The van der Waals surface area contributed by atoms with E-state index >= 15 is 0 Å². The van der Waals surface area contributed by atoms with Crippen molar-refractivity contribution in [3.63, 3.8) is 0 Å². The first-order chi connectivity index (χ1) is 5.97. The van der Waals surface area contributed by atoms with Crippen LogP contribution in [0.15, 0.2) is 24.3 Å². The van der Waals surface area contributed by atoms with Gasteiger partial charge in [-0.15, -0.1) is 0 Å². The van der Waals surface area contributed by atoms with Crippen molar-refractivity contribution in [1.29, 1.82) is 0 Å². The molecule has 0 aliphatic rings. The monoisotopic (exact) mass is 199 g/mol. The molecule has 0 heterocycles. The fourth-order valence-corrected chi connectivity index (χ4v) is 1.48. The van der Waals surface area contributed by atoms with E-state index in [1.54, 1.807) is 0 Å². The van der Waals surface area contributed by atoms with Crippen molar-refractivity contribution < 1.29 is 14.4 Å². The third-order valence-electron chi connectivity index (χ3n) is 1.61. The maximum Gasteiger partial charge on any atom is 0.588 e. The lowest BCUT2D eigenvalue weighted by Crippen LogP contribution is -2.51. The standard InChI is InChI=1S/C8H13NO3Si/c1-7-3-2-4-8(5-7)6-9-13(10,11)12/h2-5,9-12H,6H2,1H3. The zero-order chi connectivity index (χ0) is 9.90. The molecule has 1 aromatic rings. The smallest absolute Gasteiger partial charge is 0.377 e. The summed E-state index contributed by atoms with van der Waals surface area (Å²) in [5, 5.41) is 0. The first kappa shape index (κ1) is 10.4. The topological polar surface area (TPSA) is 72.7 Å². The molecule has 13 heavy (non-hydrogen) atoms. The van der Waals surface area contributed by atoms with Crippen LogP contribution in [0, 0.1) is 6.92 Å². The molecule has 4 N–H and O–H groups in total. The summed E-state index contributed by atoms with van der Waals surface area (Å²) in [6, 6.07) is 7.58. The molecule has 0 saturated heterocycles. The third-order valence-corrected chi connectivity index (χ3v) is 2.26. The fourth-order valence-electron chi connectivity index (χ4n) is 1.04. The lowest BCUT2D eigenvalue weighted by molar-refractivity contribution is 0.208. The highest BCUT2D eigenvalue weighted by Gasteiger charge is 2.26. The van der Waals surface area contributed by atoms with Crippen LogP contribution < -0.4 is 4.98 Å². The normalized spacial score (nSPS) is 11.7. The van der Waals surface area contributed by atoms with Crippen molar-refractivity contribution in [2.45, 2.75) is 13.5 Å². The Morgan fingerprint density at radius 3 is 2.54 bits per heavy atom. The molecule has 0 unspecified atom stereocenters. The van der Waals surface area contributed by atoms with Gasteiger partial charge in [0.15, 0.2) is 0 Å². The summed E-state index contributed by atoms with van der Waals surface area (Å²) in [5.74, 6) is 0. The molecule has 4 nitrogen and oxygen atoms in total. The van der Waals surface area contributed by atoms with E-state index in [0.717, 1.165) is 11.1 Å². The molecule has 5 heteroatoms. The highest BCUT2D eigenvalue weighted by Crippen LogP contribution is 2.03. The average Bonchev–Trinajstić information content (AvgIpc) is 2.00. The molecule has 72 valence electrons. The molecule has 0 saturated carbocycles. The Labute approximate surface area is 77.9 Å². The molecule has 0 spiro atoms. The lowest BCUT2D eigenvalue weighted by atomic mass is 10.1. The summed E-state index contributed by atoms with van der Waals surface area (Å²) in [6.07, 6.45) is 0. The van der Waals surface area contributed by atoms with E-state index in [-0.39, 0.29) is 6.54 Å². The van der Waals surface area contributed by atoms with Crippen molar-refractivity contribution in [2.75, 3.05) is 0 Å². The summed E-state index contributed by atoms with van der Waals surface area (Å²) in [6.45, 7) is 2.21. The largest absolute Gasteiger partial charge is 0.588 e. The Kier molecular flexibility index (Phi) is 3.18. The van der Waals surface area contributed by atoms with Gasteiger partial charge < -0.3 is 14.4 Å². The molecular formula is C8H13NO3Si. The Morgan fingerprint density at radius 2 is 2.00 bits per heavy atom. The van der Waals surface area contributed by atoms with E-state index in [9.17, 15) is 0 Å². The molecule has 0 aromatic heterocycles. The van der Waals surface area contributed by atoms with Crippen molar-refractivity contribution in [1.82, 2.24) is 4.98 Å². The second-order valence-electron chi connectivity index (χ2n) is 2.98. The molecular weight excluding hydrogens is 186 g/mol. The van der Waals surface area contributed by atoms with Gasteiger partial charge in [0, 0.05) is 6.54 Å². The van der Waals surface area contributed by atoms with Gasteiger partial charge in [-0.3, -0.25) is 4.98 Å². The third kappa shape index (κ3) is 4.16. The van der Waals surface area contributed by atoms with Crippen LogP contribution in [0.1, 0.15) is 11.1 Å². The minimum atomic E-state index is -4.11. The number of benzene rings is 1. The van der Waals surface area contributed by atoms with Crippen LogP contribution >= 0.6 is 0 Å². The van der Waals surface area contributed by atoms with E-state index in [1.165, 1.54) is 0 Å². The number of hydrogen-bond donors (Lipinski definition) is 4. The van der Waals surface area contributed by atoms with Gasteiger partial charge in [-0.05, 0) is 12.5 Å². The Balaban J connectivity index is 2.55. The van der Waals surface area contributed by atoms with Gasteiger partial charge in [-0.1, -0.05) is 29.8 Å². The number of nitrogens with one attached hydrogen (secondary N) is 1.